The number of carbonyl (C=O) groups is 1. The van der Waals surface area contributed by atoms with E-state index in [1.54, 1.807) is 0 Å². The van der Waals surface area contributed by atoms with Crippen LogP contribution in [0.25, 0.3) is 0 Å². The van der Waals surface area contributed by atoms with Crippen LogP contribution in [0.15, 0.2) is 0 Å². The molecule has 0 bridgehead atoms. The molecule has 1 amide bonds. The van der Waals surface area contributed by atoms with Gasteiger partial charge in [0.25, 0.3) is 0 Å². The first-order valence-corrected chi connectivity index (χ1v) is 8.78. The zero-order valence-corrected chi connectivity index (χ0v) is 13.4. The molecule has 6 heteroatoms. The predicted octanol–water partition coefficient (Wildman–Crippen LogP) is 2.49. The SMILES string of the molecule is O=C(CCCCc1nn[nH]n1)N1CCCC2(CCCC2)CC1. The smallest absolute Gasteiger partial charge is 0.222 e. The van der Waals surface area contributed by atoms with Crippen LogP contribution < -0.4 is 0 Å². The molecule has 3 rings (SSSR count). The second-order valence-electron chi connectivity index (χ2n) is 6.98. The highest BCUT2D eigenvalue weighted by atomic mass is 16.2. The van der Waals surface area contributed by atoms with Crippen LogP contribution in [0, 0.1) is 5.41 Å². The van der Waals surface area contributed by atoms with Crippen LogP contribution in [0.1, 0.15) is 70.0 Å². The van der Waals surface area contributed by atoms with Crippen molar-refractivity contribution in [3.05, 3.63) is 5.82 Å². The van der Waals surface area contributed by atoms with Gasteiger partial charge in [0.15, 0.2) is 5.82 Å². The largest absolute Gasteiger partial charge is 0.343 e. The molecule has 0 radical (unpaired) electrons. The number of hydrogen-bond donors (Lipinski definition) is 1. The molecule has 122 valence electrons. The van der Waals surface area contributed by atoms with E-state index in [1.807, 2.05) is 0 Å². The standard InChI is InChI=1S/C16H27N5O/c22-15(7-2-1-6-14-17-19-20-18-14)21-12-5-10-16(11-13-21)8-3-4-9-16/h1-13H2,(H,17,18,19,20). The van der Waals surface area contributed by atoms with Gasteiger partial charge in [-0.25, -0.2) is 0 Å². The number of likely N-dealkylation sites (tertiary alicyclic amines) is 1. The van der Waals surface area contributed by atoms with E-state index in [9.17, 15) is 4.79 Å². The van der Waals surface area contributed by atoms with E-state index in [0.717, 1.165) is 38.2 Å². The molecule has 1 saturated carbocycles. The fourth-order valence-electron chi connectivity index (χ4n) is 4.13. The average Bonchev–Trinajstić information content (AvgIpc) is 3.14. The second-order valence-corrected chi connectivity index (χ2v) is 6.98. The lowest BCUT2D eigenvalue weighted by atomic mass is 9.79. The minimum atomic E-state index is 0.336. The molecule has 0 atom stereocenters. The van der Waals surface area contributed by atoms with E-state index in [4.69, 9.17) is 0 Å². The molecular formula is C16H27N5O. The van der Waals surface area contributed by atoms with Crippen molar-refractivity contribution < 1.29 is 4.79 Å². The maximum atomic E-state index is 12.4. The van der Waals surface area contributed by atoms with Gasteiger partial charge in [-0.05, 0) is 50.4 Å². The Hall–Kier alpha value is -1.46. The first kappa shape index (κ1) is 15.4. The number of tetrazole rings is 1. The molecule has 0 aromatic carbocycles. The third-order valence-electron chi connectivity index (χ3n) is 5.49. The highest BCUT2D eigenvalue weighted by Gasteiger charge is 2.35. The van der Waals surface area contributed by atoms with Crippen molar-refractivity contribution >= 4 is 5.91 Å². The molecule has 1 spiro atoms. The van der Waals surface area contributed by atoms with Crippen LogP contribution in [-0.2, 0) is 11.2 Å². The molecule has 1 aliphatic heterocycles. The number of aromatic nitrogens is 4. The summed E-state index contributed by atoms with van der Waals surface area (Å²) in [6, 6.07) is 0. The first-order valence-electron chi connectivity index (χ1n) is 8.78. The molecule has 1 saturated heterocycles. The lowest BCUT2D eigenvalue weighted by molar-refractivity contribution is -0.131. The zero-order chi connectivity index (χ0) is 15.3. The number of aromatic amines is 1. The van der Waals surface area contributed by atoms with E-state index in [2.05, 4.69) is 25.5 Å². The number of carbonyl (C=O) groups excluding carboxylic acids is 1. The van der Waals surface area contributed by atoms with Crippen molar-refractivity contribution in [2.75, 3.05) is 13.1 Å². The van der Waals surface area contributed by atoms with E-state index in [-0.39, 0.29) is 0 Å². The summed E-state index contributed by atoms with van der Waals surface area (Å²) >= 11 is 0. The molecular weight excluding hydrogens is 278 g/mol. The average molecular weight is 305 g/mol. The number of nitrogens with one attached hydrogen (secondary N) is 1. The predicted molar refractivity (Wildman–Crippen MR) is 83.1 cm³/mol. The van der Waals surface area contributed by atoms with Crippen molar-refractivity contribution in [1.29, 1.82) is 0 Å². The molecule has 2 heterocycles. The quantitative estimate of drug-likeness (QED) is 0.848. The Morgan fingerprint density at radius 1 is 1.09 bits per heavy atom. The van der Waals surface area contributed by atoms with Gasteiger partial charge in [0, 0.05) is 25.9 Å². The topological polar surface area (TPSA) is 74.8 Å². The third kappa shape index (κ3) is 3.84. The van der Waals surface area contributed by atoms with Crippen LogP contribution in [0.4, 0.5) is 0 Å². The maximum Gasteiger partial charge on any atom is 0.222 e. The molecule has 2 fully saturated rings. The highest BCUT2D eigenvalue weighted by Crippen LogP contribution is 2.46. The van der Waals surface area contributed by atoms with Gasteiger partial charge in [0.1, 0.15) is 0 Å². The van der Waals surface area contributed by atoms with E-state index in [0.29, 0.717) is 17.7 Å². The number of hydrogen-bond acceptors (Lipinski definition) is 4. The second kappa shape index (κ2) is 7.20. The number of amides is 1. The zero-order valence-electron chi connectivity index (χ0n) is 13.4. The minimum absolute atomic E-state index is 0.336. The summed E-state index contributed by atoms with van der Waals surface area (Å²) in [6.07, 6.45) is 12.6. The summed E-state index contributed by atoms with van der Waals surface area (Å²) in [4.78, 5) is 14.5. The van der Waals surface area contributed by atoms with Crippen LogP contribution in [0.3, 0.4) is 0 Å². The Kier molecular flexibility index (Phi) is 5.05. The Morgan fingerprint density at radius 3 is 2.68 bits per heavy atom. The summed E-state index contributed by atoms with van der Waals surface area (Å²) in [7, 11) is 0. The number of nitrogens with zero attached hydrogens (tertiary/aromatic N) is 4. The molecule has 1 aromatic heterocycles. The Morgan fingerprint density at radius 2 is 1.91 bits per heavy atom. The summed E-state index contributed by atoms with van der Waals surface area (Å²) in [5, 5.41) is 13.9. The lowest BCUT2D eigenvalue weighted by Gasteiger charge is -2.27. The molecule has 2 aliphatic rings. The Labute approximate surface area is 132 Å². The number of H-pyrrole nitrogens is 1. The van der Waals surface area contributed by atoms with Gasteiger partial charge < -0.3 is 4.90 Å². The molecule has 1 N–H and O–H groups in total. The molecule has 1 aromatic rings. The molecule has 22 heavy (non-hydrogen) atoms. The summed E-state index contributed by atoms with van der Waals surface area (Å²) in [6.45, 7) is 1.94. The van der Waals surface area contributed by atoms with Crippen LogP contribution >= 0.6 is 0 Å². The first-order chi connectivity index (χ1) is 10.8. The monoisotopic (exact) mass is 305 g/mol. The van der Waals surface area contributed by atoms with Crippen LogP contribution in [0.2, 0.25) is 0 Å². The fraction of sp³-hybridized carbons (Fsp3) is 0.875. The Balaban J connectivity index is 1.38. The van der Waals surface area contributed by atoms with Crippen molar-refractivity contribution in [3.8, 4) is 0 Å². The van der Waals surface area contributed by atoms with Gasteiger partial charge in [0.05, 0.1) is 0 Å². The normalized spacial score (nSPS) is 21.2. The van der Waals surface area contributed by atoms with E-state index in [1.165, 1.54) is 44.9 Å². The van der Waals surface area contributed by atoms with Crippen molar-refractivity contribution in [2.24, 2.45) is 5.41 Å². The van der Waals surface area contributed by atoms with Crippen LogP contribution in [-0.4, -0.2) is 44.5 Å². The molecule has 1 aliphatic carbocycles. The fourth-order valence-corrected chi connectivity index (χ4v) is 4.13. The third-order valence-corrected chi connectivity index (χ3v) is 5.49. The van der Waals surface area contributed by atoms with Gasteiger partial charge in [-0.1, -0.05) is 18.1 Å². The summed E-state index contributed by atoms with van der Waals surface area (Å²) in [5.74, 6) is 1.08. The van der Waals surface area contributed by atoms with Gasteiger partial charge in [-0.3, -0.25) is 4.79 Å². The number of aryl methyl sites for hydroxylation is 1. The van der Waals surface area contributed by atoms with Gasteiger partial charge >= 0.3 is 0 Å². The van der Waals surface area contributed by atoms with Gasteiger partial charge in [-0.15, -0.1) is 10.2 Å². The molecule has 0 unspecified atom stereocenters. The maximum absolute atomic E-state index is 12.4. The van der Waals surface area contributed by atoms with Crippen LogP contribution in [0.5, 0.6) is 0 Å². The summed E-state index contributed by atoms with van der Waals surface area (Å²) < 4.78 is 0. The van der Waals surface area contributed by atoms with E-state index >= 15 is 0 Å². The number of rotatable bonds is 5. The highest BCUT2D eigenvalue weighted by molar-refractivity contribution is 5.76. The minimum Gasteiger partial charge on any atom is -0.343 e. The van der Waals surface area contributed by atoms with Crippen molar-refractivity contribution in [1.82, 2.24) is 25.5 Å². The Bertz CT molecular complexity index is 467. The summed E-state index contributed by atoms with van der Waals surface area (Å²) in [5.41, 5.74) is 0.577. The van der Waals surface area contributed by atoms with Gasteiger partial charge in [0.2, 0.25) is 5.91 Å². The van der Waals surface area contributed by atoms with Gasteiger partial charge in [-0.2, -0.15) is 5.21 Å². The lowest BCUT2D eigenvalue weighted by Crippen LogP contribution is -2.32. The molecule has 6 nitrogen and oxygen atoms in total. The van der Waals surface area contributed by atoms with E-state index < -0.39 is 0 Å². The number of unbranched alkanes of at least 4 members (excludes halogenated alkanes) is 1. The van der Waals surface area contributed by atoms with Crippen molar-refractivity contribution in [2.45, 2.75) is 70.6 Å². The van der Waals surface area contributed by atoms with Crippen molar-refractivity contribution in [3.63, 3.8) is 0 Å².